The van der Waals surface area contributed by atoms with Crippen LogP contribution in [0.3, 0.4) is 0 Å². The number of ketones is 1. The Labute approximate surface area is 112 Å². The highest BCUT2D eigenvalue weighted by atomic mass is 35.5. The number of hydrogen-bond donors (Lipinski definition) is 0. The van der Waals surface area contributed by atoms with Crippen LogP contribution in [0, 0.1) is 5.92 Å². The summed E-state index contributed by atoms with van der Waals surface area (Å²) in [5.74, 6) is 0.199. The van der Waals surface area contributed by atoms with Crippen LogP contribution in [0.25, 0.3) is 0 Å². The summed E-state index contributed by atoms with van der Waals surface area (Å²) in [4.78, 5) is 11.9. The van der Waals surface area contributed by atoms with Gasteiger partial charge in [0.15, 0.2) is 0 Å². The van der Waals surface area contributed by atoms with E-state index in [0.29, 0.717) is 23.1 Å². The number of hydrogen-bond acceptors (Lipinski definition) is 2. The number of rotatable bonds is 6. The van der Waals surface area contributed by atoms with E-state index >= 15 is 0 Å². The van der Waals surface area contributed by atoms with Crippen molar-refractivity contribution in [2.75, 3.05) is 13.7 Å². The molecule has 0 spiro atoms. The SMILES string of the molecule is COCCC(C)C(=O)Cc1ccc(Cl)c(Cl)c1. The standard InChI is InChI=1S/C13H16Cl2O2/c1-9(5-6-17-2)13(16)8-10-3-4-11(14)12(15)7-10/h3-4,7,9H,5-6,8H2,1-2H3. The van der Waals surface area contributed by atoms with Crippen LogP contribution in [0.5, 0.6) is 0 Å². The first-order valence-corrected chi connectivity index (χ1v) is 6.25. The van der Waals surface area contributed by atoms with Crippen molar-refractivity contribution >= 4 is 29.0 Å². The van der Waals surface area contributed by atoms with Crippen LogP contribution in [0.1, 0.15) is 18.9 Å². The molecule has 1 aromatic carbocycles. The summed E-state index contributed by atoms with van der Waals surface area (Å²) in [6.45, 7) is 2.52. The third-order valence-corrected chi connectivity index (χ3v) is 3.41. The second kappa shape index (κ2) is 7.00. The van der Waals surface area contributed by atoms with Crippen molar-refractivity contribution in [1.82, 2.24) is 0 Å². The quantitative estimate of drug-likeness (QED) is 0.789. The number of halogens is 2. The van der Waals surface area contributed by atoms with Crippen LogP contribution >= 0.6 is 23.2 Å². The number of carbonyl (C=O) groups is 1. The van der Waals surface area contributed by atoms with E-state index in [4.69, 9.17) is 27.9 Å². The molecule has 0 aliphatic rings. The summed E-state index contributed by atoms with van der Waals surface area (Å²) in [7, 11) is 1.64. The lowest BCUT2D eigenvalue weighted by atomic mass is 9.97. The van der Waals surface area contributed by atoms with Crippen LogP contribution < -0.4 is 0 Å². The van der Waals surface area contributed by atoms with Crippen molar-refractivity contribution in [3.63, 3.8) is 0 Å². The fraction of sp³-hybridized carbons (Fsp3) is 0.462. The molecular formula is C13H16Cl2O2. The number of Topliss-reactive ketones (excluding diaryl/α,β-unsaturated/α-hetero) is 1. The predicted molar refractivity (Wildman–Crippen MR) is 70.8 cm³/mol. The molecule has 0 bridgehead atoms. The van der Waals surface area contributed by atoms with Gasteiger partial charge in [-0.3, -0.25) is 4.79 Å². The molecule has 0 fully saturated rings. The van der Waals surface area contributed by atoms with E-state index in [2.05, 4.69) is 0 Å². The zero-order valence-electron chi connectivity index (χ0n) is 10.0. The Kier molecular flexibility index (Phi) is 5.96. The van der Waals surface area contributed by atoms with Gasteiger partial charge in [0.25, 0.3) is 0 Å². The Balaban J connectivity index is 2.58. The number of ether oxygens (including phenoxy) is 1. The minimum Gasteiger partial charge on any atom is -0.385 e. The Morgan fingerprint density at radius 1 is 1.35 bits per heavy atom. The molecule has 17 heavy (non-hydrogen) atoms. The average Bonchev–Trinajstić information content (AvgIpc) is 2.30. The molecule has 1 atom stereocenters. The minimum absolute atomic E-state index is 0.00408. The lowest BCUT2D eigenvalue weighted by Crippen LogP contribution is -2.15. The van der Waals surface area contributed by atoms with Gasteiger partial charge in [0, 0.05) is 26.1 Å². The molecule has 0 saturated heterocycles. The summed E-state index contributed by atoms with van der Waals surface area (Å²) in [6.07, 6.45) is 1.14. The molecule has 1 aromatic rings. The van der Waals surface area contributed by atoms with Crippen LogP contribution in [0.4, 0.5) is 0 Å². The minimum atomic E-state index is 0.00408. The molecule has 0 amide bonds. The molecule has 0 saturated carbocycles. The lowest BCUT2D eigenvalue weighted by molar-refractivity contribution is -0.122. The van der Waals surface area contributed by atoms with Crippen LogP contribution in [-0.2, 0) is 16.0 Å². The van der Waals surface area contributed by atoms with Gasteiger partial charge in [-0.1, -0.05) is 36.2 Å². The van der Waals surface area contributed by atoms with E-state index in [-0.39, 0.29) is 11.7 Å². The Bertz CT molecular complexity index is 391. The highest BCUT2D eigenvalue weighted by Crippen LogP contribution is 2.23. The van der Waals surface area contributed by atoms with Crippen molar-refractivity contribution in [3.05, 3.63) is 33.8 Å². The smallest absolute Gasteiger partial charge is 0.140 e. The van der Waals surface area contributed by atoms with Gasteiger partial charge >= 0.3 is 0 Å². The van der Waals surface area contributed by atoms with Crippen molar-refractivity contribution in [1.29, 1.82) is 0 Å². The van der Waals surface area contributed by atoms with Crippen LogP contribution in [0.2, 0.25) is 10.0 Å². The van der Waals surface area contributed by atoms with Gasteiger partial charge in [0.2, 0.25) is 0 Å². The second-order valence-electron chi connectivity index (χ2n) is 4.07. The summed E-state index contributed by atoms with van der Waals surface area (Å²) in [6, 6.07) is 5.28. The predicted octanol–water partition coefficient (Wildman–Crippen LogP) is 3.78. The molecule has 0 radical (unpaired) electrons. The first-order valence-electron chi connectivity index (χ1n) is 5.50. The molecule has 0 aromatic heterocycles. The van der Waals surface area contributed by atoms with E-state index in [9.17, 15) is 4.79 Å². The van der Waals surface area contributed by atoms with Gasteiger partial charge in [0.1, 0.15) is 5.78 Å². The first kappa shape index (κ1) is 14.5. The highest BCUT2D eigenvalue weighted by molar-refractivity contribution is 6.42. The molecule has 4 heteroatoms. The third kappa shape index (κ3) is 4.66. The van der Waals surface area contributed by atoms with Gasteiger partial charge in [-0.05, 0) is 24.1 Å². The second-order valence-corrected chi connectivity index (χ2v) is 4.89. The van der Waals surface area contributed by atoms with E-state index in [1.165, 1.54) is 0 Å². The maximum absolute atomic E-state index is 11.9. The van der Waals surface area contributed by atoms with Crippen molar-refractivity contribution in [2.24, 2.45) is 5.92 Å². The number of methoxy groups -OCH3 is 1. The van der Waals surface area contributed by atoms with Crippen molar-refractivity contribution in [3.8, 4) is 0 Å². The first-order chi connectivity index (χ1) is 8.04. The zero-order chi connectivity index (χ0) is 12.8. The van der Waals surface area contributed by atoms with Gasteiger partial charge in [0.05, 0.1) is 10.0 Å². The van der Waals surface area contributed by atoms with Gasteiger partial charge in [-0.2, -0.15) is 0 Å². The van der Waals surface area contributed by atoms with Crippen LogP contribution in [-0.4, -0.2) is 19.5 Å². The van der Waals surface area contributed by atoms with E-state index in [1.807, 2.05) is 13.0 Å². The Hall–Kier alpha value is -0.570. The molecule has 2 nitrogen and oxygen atoms in total. The summed E-state index contributed by atoms with van der Waals surface area (Å²) >= 11 is 11.7. The van der Waals surface area contributed by atoms with Gasteiger partial charge < -0.3 is 4.74 Å². The topological polar surface area (TPSA) is 26.3 Å². The molecule has 0 heterocycles. The Morgan fingerprint density at radius 3 is 2.65 bits per heavy atom. The molecule has 0 N–H and O–H groups in total. The fourth-order valence-electron chi connectivity index (χ4n) is 1.48. The van der Waals surface area contributed by atoms with Gasteiger partial charge in [-0.25, -0.2) is 0 Å². The maximum atomic E-state index is 11.9. The molecule has 94 valence electrons. The average molecular weight is 275 g/mol. The zero-order valence-corrected chi connectivity index (χ0v) is 11.5. The summed E-state index contributed by atoms with van der Waals surface area (Å²) in [5, 5.41) is 0.997. The monoisotopic (exact) mass is 274 g/mol. The van der Waals surface area contributed by atoms with Crippen molar-refractivity contribution < 1.29 is 9.53 Å². The normalized spacial score (nSPS) is 12.5. The fourth-order valence-corrected chi connectivity index (χ4v) is 1.80. The molecule has 0 aliphatic carbocycles. The largest absolute Gasteiger partial charge is 0.385 e. The molecule has 0 aliphatic heterocycles. The lowest BCUT2D eigenvalue weighted by Gasteiger charge is -2.10. The Morgan fingerprint density at radius 2 is 2.06 bits per heavy atom. The highest BCUT2D eigenvalue weighted by Gasteiger charge is 2.13. The molecule has 1 unspecified atom stereocenters. The summed E-state index contributed by atoms with van der Waals surface area (Å²) in [5.41, 5.74) is 0.897. The van der Waals surface area contributed by atoms with E-state index in [1.54, 1.807) is 19.2 Å². The van der Waals surface area contributed by atoms with Crippen molar-refractivity contribution in [2.45, 2.75) is 19.8 Å². The van der Waals surface area contributed by atoms with Crippen LogP contribution in [0.15, 0.2) is 18.2 Å². The molecule has 1 rings (SSSR count). The number of carbonyl (C=O) groups excluding carboxylic acids is 1. The number of benzene rings is 1. The maximum Gasteiger partial charge on any atom is 0.140 e. The third-order valence-electron chi connectivity index (χ3n) is 2.67. The van der Waals surface area contributed by atoms with Gasteiger partial charge in [-0.15, -0.1) is 0 Å². The van der Waals surface area contributed by atoms with E-state index < -0.39 is 0 Å². The van der Waals surface area contributed by atoms with E-state index in [0.717, 1.165) is 12.0 Å². The summed E-state index contributed by atoms with van der Waals surface area (Å²) < 4.78 is 4.96. The molecular weight excluding hydrogens is 259 g/mol.